The molecule has 4 heteroatoms. The van der Waals surface area contributed by atoms with Crippen LogP contribution in [0.15, 0.2) is 29.1 Å². The Morgan fingerprint density at radius 1 is 1.40 bits per heavy atom. The van der Waals surface area contributed by atoms with Crippen molar-refractivity contribution < 1.29 is 4.90 Å². The van der Waals surface area contributed by atoms with Crippen LogP contribution in [-0.2, 0) is 6.54 Å². The topological polar surface area (TPSA) is 38.8 Å². The van der Waals surface area contributed by atoms with Crippen molar-refractivity contribution in [2.24, 2.45) is 0 Å². The van der Waals surface area contributed by atoms with Gasteiger partial charge in [-0.05, 0) is 45.2 Å². The fraction of sp³-hybridized carbons (Fsp3) is 0.500. The summed E-state index contributed by atoms with van der Waals surface area (Å²) in [6.45, 7) is 6.29. The fourth-order valence-electron chi connectivity index (χ4n) is 3.20. The van der Waals surface area contributed by atoms with Gasteiger partial charge in [-0.3, -0.25) is 9.20 Å². The van der Waals surface area contributed by atoms with E-state index in [0.717, 1.165) is 23.6 Å². The monoisotopic (exact) mass is 272 g/mol. The number of aromatic nitrogens is 2. The summed E-state index contributed by atoms with van der Waals surface area (Å²) in [4.78, 5) is 18.5. The number of nitrogens with zero attached hydrogens (tertiary/aromatic N) is 2. The highest BCUT2D eigenvalue weighted by molar-refractivity contribution is 5.40. The number of piperidine rings is 1. The predicted octanol–water partition coefficient (Wildman–Crippen LogP) is 0.960. The highest BCUT2D eigenvalue weighted by Crippen LogP contribution is 2.05. The molecule has 3 heterocycles. The third kappa shape index (κ3) is 2.48. The maximum Gasteiger partial charge on any atom is 0.258 e. The minimum atomic E-state index is 0.0344. The summed E-state index contributed by atoms with van der Waals surface area (Å²) in [6, 6.07) is 8.17. The molecule has 1 aliphatic rings. The molecule has 20 heavy (non-hydrogen) atoms. The zero-order chi connectivity index (χ0) is 14.1. The molecule has 3 rings (SSSR count). The van der Waals surface area contributed by atoms with Crippen LogP contribution >= 0.6 is 0 Å². The normalized spacial score (nSPS) is 23.1. The molecule has 106 valence electrons. The molecule has 0 aromatic carbocycles. The molecule has 0 spiro atoms. The number of hydrogen-bond acceptors (Lipinski definition) is 2. The Bertz CT molecular complexity index is 677. The summed E-state index contributed by atoms with van der Waals surface area (Å²) in [5.41, 5.74) is 2.65. The van der Waals surface area contributed by atoms with Gasteiger partial charge in [-0.25, -0.2) is 4.98 Å². The van der Waals surface area contributed by atoms with E-state index in [0.29, 0.717) is 6.04 Å². The van der Waals surface area contributed by atoms with Crippen LogP contribution < -0.4 is 10.5 Å². The lowest BCUT2D eigenvalue weighted by Crippen LogP contribution is -3.15. The van der Waals surface area contributed by atoms with Gasteiger partial charge in [-0.2, -0.15) is 0 Å². The van der Waals surface area contributed by atoms with Gasteiger partial charge in [0, 0.05) is 11.8 Å². The average Bonchev–Trinajstić information content (AvgIpc) is 2.41. The van der Waals surface area contributed by atoms with E-state index in [2.05, 4.69) is 11.9 Å². The van der Waals surface area contributed by atoms with Crippen molar-refractivity contribution in [2.75, 3.05) is 6.54 Å². The zero-order valence-corrected chi connectivity index (χ0v) is 12.2. The second kappa shape index (κ2) is 5.37. The standard InChI is InChI=1S/C16H21N3O/c1-12-6-3-4-9-18(12)11-14-10-16(20)19-13(2)7-5-8-15(19)17-14/h5,7-8,10,12H,3-4,6,9,11H2,1-2H3/p+1/t12-/m1/s1. The predicted molar refractivity (Wildman–Crippen MR) is 79.0 cm³/mol. The molecule has 2 atom stereocenters. The highest BCUT2D eigenvalue weighted by atomic mass is 16.1. The number of hydrogen-bond donors (Lipinski definition) is 1. The van der Waals surface area contributed by atoms with E-state index in [4.69, 9.17) is 0 Å². The molecule has 2 aromatic rings. The van der Waals surface area contributed by atoms with Crippen molar-refractivity contribution >= 4 is 5.65 Å². The van der Waals surface area contributed by atoms with Crippen LogP contribution in [-0.4, -0.2) is 22.0 Å². The first-order valence-corrected chi connectivity index (χ1v) is 7.48. The largest absolute Gasteiger partial charge is 0.328 e. The van der Waals surface area contributed by atoms with Crippen molar-refractivity contribution in [3.05, 3.63) is 46.0 Å². The molecule has 2 aromatic heterocycles. The number of likely N-dealkylation sites (tertiary alicyclic amines) is 1. The summed E-state index contributed by atoms with van der Waals surface area (Å²) in [6.07, 6.45) is 3.89. The second-order valence-electron chi connectivity index (χ2n) is 5.93. The molecule has 1 saturated heterocycles. The van der Waals surface area contributed by atoms with Crippen LogP contribution in [0.25, 0.3) is 5.65 Å². The lowest BCUT2D eigenvalue weighted by atomic mass is 10.0. The first-order chi connectivity index (χ1) is 9.65. The van der Waals surface area contributed by atoms with E-state index in [-0.39, 0.29) is 5.56 Å². The molecular weight excluding hydrogens is 250 g/mol. The van der Waals surface area contributed by atoms with Crippen molar-refractivity contribution in [3.8, 4) is 0 Å². The number of quaternary nitrogens is 1. The van der Waals surface area contributed by atoms with Crippen molar-refractivity contribution in [1.82, 2.24) is 9.38 Å². The minimum Gasteiger partial charge on any atom is -0.328 e. The van der Waals surface area contributed by atoms with E-state index >= 15 is 0 Å². The van der Waals surface area contributed by atoms with E-state index in [9.17, 15) is 4.79 Å². The van der Waals surface area contributed by atoms with Gasteiger partial charge >= 0.3 is 0 Å². The third-order valence-electron chi connectivity index (χ3n) is 4.42. The van der Waals surface area contributed by atoms with Gasteiger partial charge in [0.2, 0.25) is 0 Å². The van der Waals surface area contributed by atoms with Gasteiger partial charge in [0.15, 0.2) is 0 Å². The van der Waals surface area contributed by atoms with Gasteiger partial charge in [0.25, 0.3) is 5.56 Å². The molecular formula is C16H22N3O+. The molecule has 0 radical (unpaired) electrons. The lowest BCUT2D eigenvalue weighted by molar-refractivity contribution is -0.942. The van der Waals surface area contributed by atoms with Crippen LogP contribution in [0.3, 0.4) is 0 Å². The first kappa shape index (κ1) is 13.3. The van der Waals surface area contributed by atoms with Crippen molar-refractivity contribution in [1.29, 1.82) is 0 Å². The molecule has 1 fully saturated rings. The molecule has 1 unspecified atom stereocenters. The molecule has 0 aliphatic carbocycles. The molecule has 0 amide bonds. The second-order valence-corrected chi connectivity index (χ2v) is 5.93. The summed E-state index contributed by atoms with van der Waals surface area (Å²) >= 11 is 0. The molecule has 0 saturated carbocycles. The van der Waals surface area contributed by atoms with Crippen LogP contribution in [0.1, 0.15) is 37.6 Å². The Kier molecular flexibility index (Phi) is 3.57. The van der Waals surface area contributed by atoms with Gasteiger partial charge in [0.05, 0.1) is 12.6 Å². The maximum absolute atomic E-state index is 12.3. The fourth-order valence-corrected chi connectivity index (χ4v) is 3.20. The number of aryl methyl sites for hydroxylation is 1. The average molecular weight is 272 g/mol. The minimum absolute atomic E-state index is 0.0344. The summed E-state index contributed by atoms with van der Waals surface area (Å²) in [5, 5.41) is 0. The Hall–Kier alpha value is -1.68. The highest BCUT2D eigenvalue weighted by Gasteiger charge is 2.22. The van der Waals surface area contributed by atoms with Crippen LogP contribution in [0.2, 0.25) is 0 Å². The van der Waals surface area contributed by atoms with Crippen molar-refractivity contribution in [3.63, 3.8) is 0 Å². The van der Waals surface area contributed by atoms with Gasteiger partial charge in [-0.15, -0.1) is 0 Å². The van der Waals surface area contributed by atoms with E-state index in [1.54, 1.807) is 15.4 Å². The molecule has 1 N–H and O–H groups in total. The SMILES string of the molecule is Cc1cccc2nc(C[NH+]3CCCC[C@H]3C)cc(=O)n12. The Labute approximate surface area is 119 Å². The van der Waals surface area contributed by atoms with Crippen LogP contribution in [0.5, 0.6) is 0 Å². The van der Waals surface area contributed by atoms with E-state index in [1.165, 1.54) is 25.8 Å². The van der Waals surface area contributed by atoms with E-state index < -0.39 is 0 Å². The number of fused-ring (bicyclic) bond motifs is 1. The number of rotatable bonds is 2. The zero-order valence-electron chi connectivity index (χ0n) is 12.2. The Morgan fingerprint density at radius 2 is 2.25 bits per heavy atom. The van der Waals surface area contributed by atoms with Crippen LogP contribution in [0, 0.1) is 6.92 Å². The smallest absolute Gasteiger partial charge is 0.258 e. The molecule has 0 bridgehead atoms. The summed E-state index contributed by atoms with van der Waals surface area (Å²) in [7, 11) is 0. The van der Waals surface area contributed by atoms with Crippen molar-refractivity contribution in [2.45, 2.75) is 45.7 Å². The van der Waals surface area contributed by atoms with Crippen LogP contribution in [0.4, 0.5) is 0 Å². The van der Waals surface area contributed by atoms with E-state index in [1.807, 2.05) is 25.1 Å². The van der Waals surface area contributed by atoms with Gasteiger partial charge in [0.1, 0.15) is 17.9 Å². The number of pyridine rings is 1. The number of nitrogens with one attached hydrogen (secondary N) is 1. The lowest BCUT2D eigenvalue weighted by Gasteiger charge is -2.29. The summed E-state index contributed by atoms with van der Waals surface area (Å²) < 4.78 is 1.68. The van der Waals surface area contributed by atoms with Gasteiger partial charge in [-0.1, -0.05) is 6.07 Å². The summed E-state index contributed by atoms with van der Waals surface area (Å²) in [5.74, 6) is 0. The maximum atomic E-state index is 12.3. The first-order valence-electron chi connectivity index (χ1n) is 7.48. The Balaban J connectivity index is 1.95. The molecule has 4 nitrogen and oxygen atoms in total. The van der Waals surface area contributed by atoms with Gasteiger partial charge < -0.3 is 4.90 Å². The quantitative estimate of drug-likeness (QED) is 0.884. The molecule has 1 aliphatic heterocycles. The third-order valence-corrected chi connectivity index (χ3v) is 4.42. The Morgan fingerprint density at radius 3 is 3.05 bits per heavy atom.